The van der Waals surface area contributed by atoms with Gasteiger partial charge in [0.15, 0.2) is 0 Å². The zero-order chi connectivity index (χ0) is 10.7. The molecule has 3 heteroatoms. The molecule has 1 aromatic carbocycles. The largest absolute Gasteiger partial charge is 0.465 e. The van der Waals surface area contributed by atoms with Gasteiger partial charge in [-0.1, -0.05) is 25.1 Å². The third kappa shape index (κ3) is 2.53. The van der Waals surface area contributed by atoms with Crippen molar-refractivity contribution in [2.75, 3.05) is 6.61 Å². The molecule has 0 saturated carbocycles. The highest BCUT2D eigenvalue weighted by molar-refractivity contribution is 8.00. The summed E-state index contributed by atoms with van der Waals surface area (Å²) in [5, 5.41) is 0.294. The fourth-order valence-electron chi connectivity index (χ4n) is 1.73. The lowest BCUT2D eigenvalue weighted by atomic mass is 10.1. The molecule has 80 valence electrons. The van der Waals surface area contributed by atoms with E-state index < -0.39 is 0 Å². The zero-order valence-electron chi connectivity index (χ0n) is 8.68. The van der Waals surface area contributed by atoms with Crippen LogP contribution < -0.4 is 0 Å². The average molecular weight is 222 g/mol. The minimum Gasteiger partial charge on any atom is -0.465 e. The Morgan fingerprint density at radius 1 is 1.40 bits per heavy atom. The summed E-state index contributed by atoms with van der Waals surface area (Å²) in [6.07, 6.45) is 0.861. The van der Waals surface area contributed by atoms with Crippen molar-refractivity contribution in [3.8, 4) is 0 Å². The first-order chi connectivity index (χ1) is 7.27. The molecule has 1 heterocycles. The fourth-order valence-corrected chi connectivity index (χ4v) is 2.89. The standard InChI is InChI=1S/C12H14O2S/c1-9(11-7-8-14-12(11)13)15-10-5-3-2-4-6-10/h2-6,9,11H,7-8H2,1H3/t9?,11-/m1/s1. The first-order valence-corrected chi connectivity index (χ1v) is 6.03. The van der Waals surface area contributed by atoms with Gasteiger partial charge in [0.2, 0.25) is 0 Å². The van der Waals surface area contributed by atoms with Crippen LogP contribution in [-0.4, -0.2) is 17.8 Å². The quantitative estimate of drug-likeness (QED) is 0.581. The summed E-state index contributed by atoms with van der Waals surface area (Å²) < 4.78 is 4.97. The molecule has 0 N–H and O–H groups in total. The van der Waals surface area contributed by atoms with E-state index in [4.69, 9.17) is 4.74 Å². The molecule has 0 aliphatic carbocycles. The minimum absolute atomic E-state index is 0.0362. The number of hydrogen-bond donors (Lipinski definition) is 0. The average Bonchev–Trinajstić information content (AvgIpc) is 2.66. The van der Waals surface area contributed by atoms with Crippen LogP contribution in [0.3, 0.4) is 0 Å². The van der Waals surface area contributed by atoms with Crippen LogP contribution in [0.1, 0.15) is 13.3 Å². The van der Waals surface area contributed by atoms with Crippen molar-refractivity contribution >= 4 is 17.7 Å². The van der Waals surface area contributed by atoms with Crippen molar-refractivity contribution in [3.05, 3.63) is 30.3 Å². The van der Waals surface area contributed by atoms with Gasteiger partial charge in [-0.15, -0.1) is 11.8 Å². The van der Waals surface area contributed by atoms with Crippen molar-refractivity contribution in [2.45, 2.75) is 23.5 Å². The number of hydrogen-bond acceptors (Lipinski definition) is 3. The first-order valence-electron chi connectivity index (χ1n) is 5.16. The first kappa shape index (κ1) is 10.6. The van der Waals surface area contributed by atoms with Crippen molar-refractivity contribution in [1.82, 2.24) is 0 Å². The van der Waals surface area contributed by atoms with Gasteiger partial charge in [-0.25, -0.2) is 0 Å². The molecule has 2 nitrogen and oxygen atoms in total. The predicted octanol–water partition coefficient (Wildman–Crippen LogP) is 2.73. The van der Waals surface area contributed by atoms with E-state index in [1.807, 2.05) is 18.2 Å². The van der Waals surface area contributed by atoms with E-state index in [9.17, 15) is 4.79 Å². The third-order valence-corrected chi connectivity index (χ3v) is 3.85. The summed E-state index contributed by atoms with van der Waals surface area (Å²) in [5.41, 5.74) is 0. The number of esters is 1. The van der Waals surface area contributed by atoms with Crippen molar-refractivity contribution in [3.63, 3.8) is 0 Å². The van der Waals surface area contributed by atoms with E-state index in [1.165, 1.54) is 4.90 Å². The van der Waals surface area contributed by atoms with Crippen LogP contribution in [0.2, 0.25) is 0 Å². The van der Waals surface area contributed by atoms with Crippen molar-refractivity contribution in [1.29, 1.82) is 0 Å². The van der Waals surface area contributed by atoms with Crippen LogP contribution in [-0.2, 0) is 9.53 Å². The summed E-state index contributed by atoms with van der Waals surface area (Å²) in [7, 11) is 0. The Hall–Kier alpha value is -0.960. The lowest BCUT2D eigenvalue weighted by Gasteiger charge is -2.14. The van der Waals surface area contributed by atoms with Crippen LogP contribution in [0.15, 0.2) is 35.2 Å². The van der Waals surface area contributed by atoms with Gasteiger partial charge in [0.1, 0.15) is 0 Å². The van der Waals surface area contributed by atoms with Crippen LogP contribution in [0, 0.1) is 5.92 Å². The van der Waals surface area contributed by atoms with Gasteiger partial charge in [-0.3, -0.25) is 4.79 Å². The third-order valence-electron chi connectivity index (χ3n) is 2.61. The Bertz CT molecular complexity index is 337. The van der Waals surface area contributed by atoms with Gasteiger partial charge in [0.05, 0.1) is 12.5 Å². The molecule has 0 aromatic heterocycles. The predicted molar refractivity (Wildman–Crippen MR) is 60.8 cm³/mol. The van der Waals surface area contributed by atoms with E-state index in [-0.39, 0.29) is 11.9 Å². The maximum atomic E-state index is 11.4. The maximum absolute atomic E-state index is 11.4. The second kappa shape index (κ2) is 4.71. The van der Waals surface area contributed by atoms with Gasteiger partial charge < -0.3 is 4.74 Å². The summed E-state index contributed by atoms with van der Waals surface area (Å²) in [5.74, 6) is 0.0288. The van der Waals surface area contributed by atoms with E-state index in [2.05, 4.69) is 19.1 Å². The number of carbonyl (C=O) groups excluding carboxylic acids is 1. The van der Waals surface area contributed by atoms with E-state index in [0.717, 1.165) is 6.42 Å². The molecule has 1 aromatic rings. The van der Waals surface area contributed by atoms with Gasteiger partial charge in [-0.2, -0.15) is 0 Å². The smallest absolute Gasteiger partial charge is 0.310 e. The van der Waals surface area contributed by atoms with Crippen molar-refractivity contribution in [2.24, 2.45) is 5.92 Å². The number of cyclic esters (lactones) is 1. The normalized spacial score (nSPS) is 22.5. The Morgan fingerprint density at radius 2 is 2.13 bits per heavy atom. The molecule has 0 spiro atoms. The highest BCUT2D eigenvalue weighted by atomic mass is 32.2. The topological polar surface area (TPSA) is 26.3 Å². The van der Waals surface area contributed by atoms with Crippen molar-refractivity contribution < 1.29 is 9.53 Å². The van der Waals surface area contributed by atoms with E-state index >= 15 is 0 Å². The number of benzene rings is 1. The zero-order valence-corrected chi connectivity index (χ0v) is 9.50. The number of thioether (sulfide) groups is 1. The molecule has 1 aliphatic heterocycles. The van der Waals surface area contributed by atoms with E-state index in [1.54, 1.807) is 11.8 Å². The molecule has 0 amide bonds. The molecule has 1 aliphatic rings. The van der Waals surface area contributed by atoms with Crippen LogP contribution >= 0.6 is 11.8 Å². The van der Waals surface area contributed by atoms with Gasteiger partial charge >= 0.3 is 5.97 Å². The lowest BCUT2D eigenvalue weighted by molar-refractivity contribution is -0.141. The molecule has 1 unspecified atom stereocenters. The molecule has 0 bridgehead atoms. The highest BCUT2D eigenvalue weighted by Gasteiger charge is 2.31. The molecular weight excluding hydrogens is 208 g/mol. The Balaban J connectivity index is 1.97. The van der Waals surface area contributed by atoms with Gasteiger partial charge in [-0.05, 0) is 18.6 Å². The summed E-state index contributed by atoms with van der Waals surface area (Å²) in [6, 6.07) is 10.2. The molecule has 1 saturated heterocycles. The monoisotopic (exact) mass is 222 g/mol. The second-order valence-electron chi connectivity index (χ2n) is 3.70. The lowest BCUT2D eigenvalue weighted by Crippen LogP contribution is -2.18. The molecule has 0 radical (unpaired) electrons. The second-order valence-corrected chi connectivity index (χ2v) is 5.15. The molecular formula is C12H14O2S. The molecule has 15 heavy (non-hydrogen) atoms. The van der Waals surface area contributed by atoms with Crippen LogP contribution in [0.5, 0.6) is 0 Å². The van der Waals surface area contributed by atoms with Crippen LogP contribution in [0.4, 0.5) is 0 Å². The Kier molecular flexibility index (Phi) is 3.31. The van der Waals surface area contributed by atoms with E-state index in [0.29, 0.717) is 11.9 Å². The number of rotatable bonds is 3. The summed E-state index contributed by atoms with van der Waals surface area (Å²) in [6.45, 7) is 2.68. The summed E-state index contributed by atoms with van der Waals surface area (Å²) >= 11 is 1.74. The Labute approximate surface area is 94.0 Å². The SMILES string of the molecule is CC(Sc1ccccc1)[C@H]1CCOC1=O. The van der Waals surface area contributed by atoms with Gasteiger partial charge in [0, 0.05) is 10.1 Å². The number of carbonyl (C=O) groups is 1. The summed E-state index contributed by atoms with van der Waals surface area (Å²) in [4.78, 5) is 12.6. The maximum Gasteiger partial charge on any atom is 0.310 e. The minimum atomic E-state index is -0.0362. The fraction of sp³-hybridized carbons (Fsp3) is 0.417. The number of ether oxygens (including phenoxy) is 1. The highest BCUT2D eigenvalue weighted by Crippen LogP contribution is 2.32. The Morgan fingerprint density at radius 3 is 2.73 bits per heavy atom. The van der Waals surface area contributed by atoms with Gasteiger partial charge in [0.25, 0.3) is 0 Å². The molecule has 2 atom stereocenters. The molecule has 1 fully saturated rings. The molecule has 2 rings (SSSR count). The van der Waals surface area contributed by atoms with Crippen LogP contribution in [0.25, 0.3) is 0 Å².